The van der Waals surface area contributed by atoms with E-state index in [1.807, 2.05) is 0 Å². The molecule has 2 aliphatic carbocycles. The van der Waals surface area contributed by atoms with Gasteiger partial charge >= 0.3 is 5.97 Å². The fourth-order valence-electron chi connectivity index (χ4n) is 3.66. The first kappa shape index (κ1) is 12.4. The van der Waals surface area contributed by atoms with Crippen LogP contribution in [0, 0.1) is 17.3 Å². The second-order valence-electron chi connectivity index (χ2n) is 6.00. The first-order chi connectivity index (χ1) is 7.94. The van der Waals surface area contributed by atoms with Crippen molar-refractivity contribution in [1.29, 1.82) is 0 Å². The molecule has 1 N–H and O–H groups in total. The molecule has 2 heteroatoms. The molecule has 1 saturated carbocycles. The van der Waals surface area contributed by atoms with Gasteiger partial charge in [-0.3, -0.25) is 0 Å². The zero-order chi connectivity index (χ0) is 12.6. The molecule has 2 nitrogen and oxygen atoms in total. The predicted molar refractivity (Wildman–Crippen MR) is 68.7 cm³/mol. The normalized spacial score (nSPS) is 36.9. The average Bonchev–Trinajstić information content (AvgIpc) is 2.27. The molecule has 0 aromatic carbocycles. The van der Waals surface area contributed by atoms with Crippen molar-refractivity contribution >= 4 is 5.97 Å². The Morgan fingerprint density at radius 1 is 1.53 bits per heavy atom. The number of hydrogen-bond acceptors (Lipinski definition) is 1. The molecule has 3 atom stereocenters. The van der Waals surface area contributed by atoms with Crippen molar-refractivity contribution in [3.63, 3.8) is 0 Å². The van der Waals surface area contributed by atoms with Gasteiger partial charge in [0.25, 0.3) is 0 Å². The Labute approximate surface area is 103 Å². The maximum Gasteiger partial charge on any atom is 0.331 e. The Morgan fingerprint density at radius 2 is 2.24 bits per heavy atom. The van der Waals surface area contributed by atoms with Crippen LogP contribution < -0.4 is 0 Å². The average molecular weight is 234 g/mol. The number of hydrogen-bond donors (Lipinski definition) is 1. The summed E-state index contributed by atoms with van der Waals surface area (Å²) < 4.78 is 0. The Morgan fingerprint density at radius 3 is 2.88 bits per heavy atom. The molecule has 0 unspecified atom stereocenters. The van der Waals surface area contributed by atoms with E-state index in [1.165, 1.54) is 18.4 Å². The van der Waals surface area contributed by atoms with Crippen molar-refractivity contribution in [1.82, 2.24) is 0 Å². The fraction of sp³-hybridized carbons (Fsp3) is 0.667. The molecule has 2 rings (SSSR count). The number of rotatable bonds is 2. The van der Waals surface area contributed by atoms with Gasteiger partial charge in [-0.15, -0.1) is 0 Å². The summed E-state index contributed by atoms with van der Waals surface area (Å²) >= 11 is 0. The Hall–Kier alpha value is -1.05. The second kappa shape index (κ2) is 4.32. The second-order valence-corrected chi connectivity index (χ2v) is 6.00. The van der Waals surface area contributed by atoms with Gasteiger partial charge in [-0.1, -0.05) is 25.2 Å². The smallest absolute Gasteiger partial charge is 0.331 e. The van der Waals surface area contributed by atoms with Crippen LogP contribution in [0.15, 0.2) is 23.8 Å². The predicted octanol–water partition coefficient (Wildman–Crippen LogP) is 3.79. The Balaban J connectivity index is 2.17. The van der Waals surface area contributed by atoms with Gasteiger partial charge in [0.05, 0.1) is 0 Å². The summed E-state index contributed by atoms with van der Waals surface area (Å²) in [7, 11) is 0. The highest BCUT2D eigenvalue weighted by atomic mass is 16.4. The molecule has 17 heavy (non-hydrogen) atoms. The molecule has 0 amide bonds. The third-order valence-corrected chi connectivity index (χ3v) is 4.92. The van der Waals surface area contributed by atoms with E-state index < -0.39 is 5.97 Å². The summed E-state index contributed by atoms with van der Waals surface area (Å²) in [6.45, 7) is 8.32. The highest BCUT2D eigenvalue weighted by Crippen LogP contribution is 2.52. The van der Waals surface area contributed by atoms with Gasteiger partial charge in [0.1, 0.15) is 0 Å². The van der Waals surface area contributed by atoms with E-state index in [4.69, 9.17) is 5.11 Å². The topological polar surface area (TPSA) is 37.3 Å². The van der Waals surface area contributed by atoms with Gasteiger partial charge in [0.15, 0.2) is 0 Å². The molecule has 0 bridgehead atoms. The SMILES string of the molecule is C=C(C(=O)O)[C@@H]1CC[C@@]2(C)CCC=C(C)[C@@H]2C1. The van der Waals surface area contributed by atoms with Crippen molar-refractivity contribution in [2.24, 2.45) is 17.3 Å². The zero-order valence-electron chi connectivity index (χ0n) is 10.8. The van der Waals surface area contributed by atoms with Gasteiger partial charge in [-0.2, -0.15) is 0 Å². The molecular weight excluding hydrogens is 212 g/mol. The van der Waals surface area contributed by atoms with E-state index in [1.54, 1.807) is 0 Å². The molecule has 0 saturated heterocycles. The van der Waals surface area contributed by atoms with Gasteiger partial charge in [0.2, 0.25) is 0 Å². The molecule has 0 aliphatic heterocycles. The minimum atomic E-state index is -0.823. The summed E-state index contributed by atoms with van der Waals surface area (Å²) in [5, 5.41) is 9.05. The first-order valence-electron chi connectivity index (χ1n) is 6.53. The van der Waals surface area contributed by atoms with E-state index in [9.17, 15) is 4.79 Å². The van der Waals surface area contributed by atoms with Crippen LogP contribution in [0.3, 0.4) is 0 Å². The minimum absolute atomic E-state index is 0.173. The lowest BCUT2D eigenvalue weighted by atomic mass is 9.57. The fourth-order valence-corrected chi connectivity index (χ4v) is 3.66. The molecule has 0 radical (unpaired) electrons. The Kier molecular flexibility index (Phi) is 3.15. The van der Waals surface area contributed by atoms with E-state index in [2.05, 4.69) is 26.5 Å². The monoisotopic (exact) mass is 234 g/mol. The van der Waals surface area contributed by atoms with E-state index >= 15 is 0 Å². The van der Waals surface area contributed by atoms with Crippen LogP contribution >= 0.6 is 0 Å². The van der Waals surface area contributed by atoms with Crippen molar-refractivity contribution < 1.29 is 9.90 Å². The molecule has 94 valence electrons. The van der Waals surface area contributed by atoms with Gasteiger partial charge in [-0.25, -0.2) is 4.79 Å². The van der Waals surface area contributed by atoms with Crippen LogP contribution in [-0.4, -0.2) is 11.1 Å². The van der Waals surface area contributed by atoms with Gasteiger partial charge < -0.3 is 5.11 Å². The third kappa shape index (κ3) is 2.18. The molecular formula is C15H22O2. The molecule has 1 fully saturated rings. The molecule has 0 heterocycles. The van der Waals surface area contributed by atoms with E-state index in [-0.39, 0.29) is 5.92 Å². The van der Waals surface area contributed by atoms with Crippen molar-refractivity contribution in [2.75, 3.05) is 0 Å². The highest BCUT2D eigenvalue weighted by molar-refractivity contribution is 5.86. The Bertz CT molecular complexity index is 380. The molecule has 2 aliphatic rings. The van der Waals surface area contributed by atoms with Crippen molar-refractivity contribution in [3.8, 4) is 0 Å². The van der Waals surface area contributed by atoms with Crippen LogP contribution in [0.25, 0.3) is 0 Å². The number of allylic oxidation sites excluding steroid dienone is 2. The van der Waals surface area contributed by atoms with Gasteiger partial charge in [0, 0.05) is 5.57 Å². The van der Waals surface area contributed by atoms with Crippen LogP contribution in [-0.2, 0) is 4.79 Å². The maximum absolute atomic E-state index is 11.0. The molecule has 0 aromatic heterocycles. The summed E-state index contributed by atoms with van der Waals surface area (Å²) in [5.41, 5.74) is 2.26. The minimum Gasteiger partial charge on any atom is -0.478 e. The van der Waals surface area contributed by atoms with Gasteiger partial charge in [-0.05, 0) is 56.3 Å². The van der Waals surface area contributed by atoms with Crippen LogP contribution in [0.2, 0.25) is 0 Å². The quantitative estimate of drug-likeness (QED) is 0.583. The van der Waals surface area contributed by atoms with Crippen LogP contribution in [0.4, 0.5) is 0 Å². The summed E-state index contributed by atoms with van der Waals surface area (Å²) in [6, 6.07) is 0. The summed E-state index contributed by atoms with van der Waals surface area (Å²) in [5.74, 6) is -0.0887. The van der Waals surface area contributed by atoms with Crippen molar-refractivity contribution in [2.45, 2.75) is 46.0 Å². The van der Waals surface area contributed by atoms with Crippen LogP contribution in [0.1, 0.15) is 46.0 Å². The third-order valence-electron chi connectivity index (χ3n) is 4.92. The maximum atomic E-state index is 11.0. The summed E-state index contributed by atoms with van der Waals surface area (Å²) in [6.07, 6.45) is 7.87. The van der Waals surface area contributed by atoms with E-state index in [0.717, 1.165) is 19.3 Å². The molecule has 0 spiro atoms. The number of carboxylic acids is 1. The van der Waals surface area contributed by atoms with Crippen LogP contribution in [0.5, 0.6) is 0 Å². The van der Waals surface area contributed by atoms with E-state index in [0.29, 0.717) is 16.9 Å². The number of carbonyl (C=O) groups is 1. The lowest BCUT2D eigenvalue weighted by Crippen LogP contribution is -2.37. The lowest BCUT2D eigenvalue weighted by Gasteiger charge is -2.47. The largest absolute Gasteiger partial charge is 0.478 e. The number of fused-ring (bicyclic) bond motifs is 1. The highest BCUT2D eigenvalue weighted by Gasteiger charge is 2.42. The standard InChI is InChI=1S/C15H22O2/c1-10-5-4-7-15(3)8-6-12(9-13(10)15)11(2)14(16)17/h5,12-13H,2,4,6-9H2,1,3H3,(H,16,17)/t12-,13+,15-/m1/s1. The lowest BCUT2D eigenvalue weighted by molar-refractivity contribution is -0.133. The molecule has 0 aromatic rings. The zero-order valence-corrected chi connectivity index (χ0v) is 10.8. The number of carboxylic acid groups (broad SMARTS) is 1. The number of aliphatic carboxylic acids is 1. The first-order valence-corrected chi connectivity index (χ1v) is 6.53. The summed E-state index contributed by atoms with van der Waals surface area (Å²) in [4.78, 5) is 11.0. The van der Waals surface area contributed by atoms with Crippen molar-refractivity contribution in [3.05, 3.63) is 23.8 Å².